The van der Waals surface area contributed by atoms with Crippen LogP contribution in [0.1, 0.15) is 27.2 Å². The number of hydrogen-bond donors (Lipinski definition) is 1. The molecule has 2 unspecified atom stereocenters. The van der Waals surface area contributed by atoms with Gasteiger partial charge in [0.15, 0.2) is 11.5 Å². The van der Waals surface area contributed by atoms with Gasteiger partial charge in [0.1, 0.15) is 5.60 Å². The molecule has 2 saturated heterocycles. The molecule has 0 bridgehead atoms. The van der Waals surface area contributed by atoms with Crippen molar-refractivity contribution in [2.45, 2.75) is 44.4 Å². The van der Waals surface area contributed by atoms with Gasteiger partial charge in [-0.2, -0.15) is 0 Å². The predicted octanol–water partition coefficient (Wildman–Crippen LogP) is 2.01. The zero-order valence-electron chi connectivity index (χ0n) is 15.5. The first-order valence-corrected chi connectivity index (χ1v) is 9.08. The smallest absolute Gasteiger partial charge is 0.241 e. The van der Waals surface area contributed by atoms with E-state index in [1.165, 1.54) is 0 Å². The average molecular weight is 362 g/mol. The minimum absolute atomic E-state index is 0.0457. The normalized spacial score (nSPS) is 28.3. The fraction of sp³-hybridized carbons (Fsp3) is 0.632. The maximum Gasteiger partial charge on any atom is 0.241 e. The summed E-state index contributed by atoms with van der Waals surface area (Å²) in [5.74, 6) is 1.31. The van der Waals surface area contributed by atoms with E-state index in [1.807, 2.05) is 19.1 Å². The molecule has 1 amide bonds. The summed E-state index contributed by atoms with van der Waals surface area (Å²) in [6, 6.07) is 5.16. The van der Waals surface area contributed by atoms with Crippen LogP contribution in [0.5, 0.6) is 11.5 Å². The minimum atomic E-state index is -0.320. The lowest BCUT2D eigenvalue weighted by molar-refractivity contribution is -0.200. The van der Waals surface area contributed by atoms with Gasteiger partial charge in [-0.3, -0.25) is 9.69 Å². The van der Waals surface area contributed by atoms with Gasteiger partial charge in [0.05, 0.1) is 18.2 Å². The van der Waals surface area contributed by atoms with Gasteiger partial charge in [-0.15, -0.1) is 0 Å². The van der Waals surface area contributed by atoms with Crippen LogP contribution in [0.4, 0.5) is 5.69 Å². The first-order chi connectivity index (χ1) is 12.4. The highest BCUT2D eigenvalue weighted by Crippen LogP contribution is 2.36. The topological polar surface area (TPSA) is 69.3 Å². The van der Waals surface area contributed by atoms with E-state index in [0.29, 0.717) is 43.5 Å². The zero-order chi connectivity index (χ0) is 18.4. The van der Waals surface area contributed by atoms with Gasteiger partial charge in [0, 0.05) is 37.9 Å². The number of nitrogens with zero attached hydrogens (tertiary/aromatic N) is 1. The Morgan fingerprint density at radius 2 is 2.04 bits per heavy atom. The standard InChI is InChI=1S/C19H26N2O5/c1-13(17(22)20-14-4-5-15-16(8-14)25-12-24-15)21-9-18(2,3)26-19(10-21)6-7-23-11-19/h4-5,8,13H,6-7,9-12H2,1-3H3,(H,20,22). The van der Waals surface area contributed by atoms with E-state index in [9.17, 15) is 4.79 Å². The number of benzene rings is 1. The van der Waals surface area contributed by atoms with E-state index in [2.05, 4.69) is 24.1 Å². The third kappa shape index (κ3) is 3.39. The second kappa shape index (κ2) is 6.40. The summed E-state index contributed by atoms with van der Waals surface area (Å²) < 4.78 is 22.6. The largest absolute Gasteiger partial charge is 0.454 e. The van der Waals surface area contributed by atoms with Crippen molar-refractivity contribution < 1.29 is 23.7 Å². The molecule has 0 aromatic heterocycles. The Labute approximate surface area is 153 Å². The van der Waals surface area contributed by atoms with E-state index in [4.69, 9.17) is 18.9 Å². The molecule has 7 heteroatoms. The minimum Gasteiger partial charge on any atom is -0.454 e. The Bertz CT molecular complexity index is 699. The molecule has 3 aliphatic heterocycles. The summed E-state index contributed by atoms with van der Waals surface area (Å²) in [5.41, 5.74) is 0.0754. The molecule has 0 aliphatic carbocycles. The summed E-state index contributed by atoms with van der Waals surface area (Å²) >= 11 is 0. The molecule has 1 aromatic carbocycles. The predicted molar refractivity (Wildman–Crippen MR) is 95.6 cm³/mol. The second-order valence-corrected chi connectivity index (χ2v) is 7.99. The van der Waals surface area contributed by atoms with Gasteiger partial charge >= 0.3 is 0 Å². The highest BCUT2D eigenvalue weighted by molar-refractivity contribution is 5.94. The Balaban J connectivity index is 1.45. The highest BCUT2D eigenvalue weighted by atomic mass is 16.7. The average Bonchev–Trinajstić information content (AvgIpc) is 3.21. The van der Waals surface area contributed by atoms with Crippen molar-refractivity contribution in [3.05, 3.63) is 18.2 Å². The van der Waals surface area contributed by atoms with Crippen molar-refractivity contribution in [1.29, 1.82) is 0 Å². The summed E-state index contributed by atoms with van der Waals surface area (Å²) in [6.45, 7) is 8.99. The number of rotatable bonds is 3. The monoisotopic (exact) mass is 362 g/mol. The van der Waals surface area contributed by atoms with Crippen LogP contribution in [-0.2, 0) is 14.3 Å². The lowest BCUT2D eigenvalue weighted by Crippen LogP contribution is -2.63. The third-order valence-electron chi connectivity index (χ3n) is 5.20. The molecular formula is C19H26N2O5. The number of hydrogen-bond acceptors (Lipinski definition) is 6. The molecule has 1 aromatic rings. The van der Waals surface area contributed by atoms with Crippen molar-refractivity contribution in [2.75, 3.05) is 38.4 Å². The Kier molecular flexibility index (Phi) is 4.33. The van der Waals surface area contributed by atoms with Crippen LogP contribution >= 0.6 is 0 Å². The van der Waals surface area contributed by atoms with Gasteiger partial charge < -0.3 is 24.3 Å². The van der Waals surface area contributed by atoms with Crippen LogP contribution < -0.4 is 14.8 Å². The first-order valence-electron chi connectivity index (χ1n) is 9.08. The van der Waals surface area contributed by atoms with E-state index in [0.717, 1.165) is 6.42 Å². The summed E-state index contributed by atoms with van der Waals surface area (Å²) in [5, 5.41) is 2.99. The number of carbonyl (C=O) groups excluding carboxylic acids is 1. The van der Waals surface area contributed by atoms with Crippen LogP contribution in [0.3, 0.4) is 0 Å². The number of ether oxygens (including phenoxy) is 4. The van der Waals surface area contributed by atoms with E-state index in [1.54, 1.807) is 6.07 Å². The molecule has 2 fully saturated rings. The molecule has 0 radical (unpaired) electrons. The quantitative estimate of drug-likeness (QED) is 0.887. The van der Waals surface area contributed by atoms with Crippen molar-refractivity contribution >= 4 is 11.6 Å². The number of anilines is 1. The van der Waals surface area contributed by atoms with Crippen molar-refractivity contribution in [3.8, 4) is 11.5 Å². The Morgan fingerprint density at radius 1 is 1.23 bits per heavy atom. The molecule has 2 atom stereocenters. The molecular weight excluding hydrogens is 336 g/mol. The molecule has 26 heavy (non-hydrogen) atoms. The van der Waals surface area contributed by atoms with E-state index >= 15 is 0 Å². The number of amides is 1. The number of fused-ring (bicyclic) bond motifs is 1. The van der Waals surface area contributed by atoms with E-state index in [-0.39, 0.29) is 29.9 Å². The van der Waals surface area contributed by atoms with Crippen molar-refractivity contribution in [2.24, 2.45) is 0 Å². The van der Waals surface area contributed by atoms with Crippen LogP contribution in [0.2, 0.25) is 0 Å². The van der Waals surface area contributed by atoms with Gasteiger partial charge in [0.25, 0.3) is 0 Å². The maximum absolute atomic E-state index is 12.8. The van der Waals surface area contributed by atoms with Gasteiger partial charge in [-0.25, -0.2) is 0 Å². The van der Waals surface area contributed by atoms with Crippen LogP contribution in [-0.4, -0.2) is 61.1 Å². The third-order valence-corrected chi connectivity index (χ3v) is 5.20. The fourth-order valence-corrected chi connectivity index (χ4v) is 4.02. The van der Waals surface area contributed by atoms with Crippen LogP contribution in [0.15, 0.2) is 18.2 Å². The van der Waals surface area contributed by atoms with Gasteiger partial charge in [0.2, 0.25) is 12.7 Å². The Hall–Kier alpha value is -1.83. The zero-order valence-corrected chi connectivity index (χ0v) is 15.5. The maximum atomic E-state index is 12.8. The summed E-state index contributed by atoms with van der Waals surface area (Å²) in [6.07, 6.45) is 0.865. The Morgan fingerprint density at radius 3 is 2.81 bits per heavy atom. The van der Waals surface area contributed by atoms with Crippen LogP contribution in [0, 0.1) is 0 Å². The first kappa shape index (κ1) is 17.6. The molecule has 3 heterocycles. The highest BCUT2D eigenvalue weighted by Gasteiger charge is 2.48. The van der Waals surface area contributed by atoms with Crippen molar-refractivity contribution in [3.63, 3.8) is 0 Å². The van der Waals surface area contributed by atoms with Gasteiger partial charge in [-0.05, 0) is 32.9 Å². The molecule has 0 saturated carbocycles. The van der Waals surface area contributed by atoms with Gasteiger partial charge in [-0.1, -0.05) is 0 Å². The SMILES string of the molecule is CC(C(=O)Nc1ccc2c(c1)OCO2)N1CC(C)(C)OC2(CCOC2)C1. The number of nitrogens with one attached hydrogen (secondary N) is 1. The lowest BCUT2D eigenvalue weighted by Gasteiger charge is -2.49. The summed E-state index contributed by atoms with van der Waals surface area (Å²) in [7, 11) is 0. The van der Waals surface area contributed by atoms with Crippen LogP contribution in [0.25, 0.3) is 0 Å². The lowest BCUT2D eigenvalue weighted by atomic mass is 9.93. The molecule has 7 nitrogen and oxygen atoms in total. The van der Waals surface area contributed by atoms with Crippen molar-refractivity contribution in [1.82, 2.24) is 4.90 Å². The van der Waals surface area contributed by atoms with E-state index < -0.39 is 0 Å². The molecule has 1 spiro atoms. The molecule has 142 valence electrons. The fourth-order valence-electron chi connectivity index (χ4n) is 4.02. The second-order valence-electron chi connectivity index (χ2n) is 7.99. The number of morpholine rings is 1. The molecule has 1 N–H and O–H groups in total. The summed E-state index contributed by atoms with van der Waals surface area (Å²) in [4.78, 5) is 15.0. The molecule has 3 aliphatic rings. The molecule has 4 rings (SSSR count). The number of carbonyl (C=O) groups is 1.